The van der Waals surface area contributed by atoms with Crippen LogP contribution in [-0.2, 0) is 16.0 Å². The molecular formula is C13H15ClO2. The summed E-state index contributed by atoms with van der Waals surface area (Å²) in [7, 11) is 0. The lowest BCUT2D eigenvalue weighted by atomic mass is 10.0. The van der Waals surface area contributed by atoms with Crippen molar-refractivity contribution in [3.8, 4) is 0 Å². The van der Waals surface area contributed by atoms with Crippen molar-refractivity contribution in [2.45, 2.75) is 37.7 Å². The quantitative estimate of drug-likeness (QED) is 0.427. The van der Waals surface area contributed by atoms with Gasteiger partial charge in [0.1, 0.15) is 6.10 Å². The molecule has 1 aromatic carbocycles. The lowest BCUT2D eigenvalue weighted by Gasteiger charge is -2.20. The number of esters is 1. The zero-order valence-corrected chi connectivity index (χ0v) is 10.0. The van der Waals surface area contributed by atoms with E-state index in [-0.39, 0.29) is 17.5 Å². The van der Waals surface area contributed by atoms with E-state index >= 15 is 0 Å². The second kappa shape index (κ2) is 4.88. The van der Waals surface area contributed by atoms with Gasteiger partial charge in [0, 0.05) is 6.92 Å². The maximum Gasteiger partial charge on any atom is 0.302 e. The third-order valence-corrected chi connectivity index (χ3v) is 3.45. The van der Waals surface area contributed by atoms with Crippen molar-refractivity contribution in [2.24, 2.45) is 0 Å². The molecule has 2 atom stereocenters. The first-order valence-corrected chi connectivity index (χ1v) is 6.01. The van der Waals surface area contributed by atoms with Crippen LogP contribution in [0.1, 0.15) is 36.3 Å². The minimum Gasteiger partial charge on any atom is -0.461 e. The smallest absolute Gasteiger partial charge is 0.302 e. The Kier molecular flexibility index (Phi) is 3.49. The maximum absolute atomic E-state index is 11.0. The van der Waals surface area contributed by atoms with Crippen molar-refractivity contribution in [1.82, 2.24) is 0 Å². The SMILES string of the molecule is CC(=O)O[C@H]1CCCc2ccccc2[C@@H]1Cl. The van der Waals surface area contributed by atoms with Crippen LogP contribution in [0.5, 0.6) is 0 Å². The summed E-state index contributed by atoms with van der Waals surface area (Å²) in [5, 5.41) is -0.220. The van der Waals surface area contributed by atoms with E-state index in [0.29, 0.717) is 0 Å². The topological polar surface area (TPSA) is 26.3 Å². The molecule has 0 fully saturated rings. The van der Waals surface area contributed by atoms with Gasteiger partial charge in [-0.1, -0.05) is 24.3 Å². The van der Waals surface area contributed by atoms with Gasteiger partial charge in [0.2, 0.25) is 0 Å². The molecule has 0 aromatic heterocycles. The Morgan fingerprint density at radius 1 is 1.44 bits per heavy atom. The van der Waals surface area contributed by atoms with Crippen molar-refractivity contribution < 1.29 is 9.53 Å². The van der Waals surface area contributed by atoms with Crippen LogP contribution in [-0.4, -0.2) is 12.1 Å². The van der Waals surface area contributed by atoms with Crippen LogP contribution in [0.4, 0.5) is 0 Å². The van der Waals surface area contributed by atoms with Gasteiger partial charge in [-0.15, -0.1) is 11.6 Å². The lowest BCUT2D eigenvalue weighted by Crippen LogP contribution is -2.20. The zero-order chi connectivity index (χ0) is 11.5. The first-order chi connectivity index (χ1) is 7.68. The number of hydrogen-bond acceptors (Lipinski definition) is 2. The predicted octanol–water partition coefficient (Wildman–Crippen LogP) is 3.23. The van der Waals surface area contributed by atoms with E-state index in [9.17, 15) is 4.79 Å². The summed E-state index contributed by atoms with van der Waals surface area (Å²) in [4.78, 5) is 11.0. The van der Waals surface area contributed by atoms with Crippen LogP contribution in [0.3, 0.4) is 0 Å². The van der Waals surface area contributed by atoms with E-state index < -0.39 is 0 Å². The van der Waals surface area contributed by atoms with Gasteiger partial charge < -0.3 is 4.74 Å². The molecule has 1 aromatic rings. The Hall–Kier alpha value is -1.02. The lowest BCUT2D eigenvalue weighted by molar-refractivity contribution is -0.146. The molecule has 0 amide bonds. The number of benzene rings is 1. The summed E-state index contributed by atoms with van der Waals surface area (Å²) >= 11 is 6.38. The minimum atomic E-state index is -0.255. The molecule has 86 valence electrons. The first-order valence-electron chi connectivity index (χ1n) is 5.57. The fourth-order valence-electron chi connectivity index (χ4n) is 2.20. The number of aryl methyl sites for hydroxylation is 1. The molecule has 1 aliphatic carbocycles. The Bertz CT molecular complexity index is 389. The van der Waals surface area contributed by atoms with Crippen LogP contribution >= 0.6 is 11.6 Å². The molecule has 2 rings (SSSR count). The maximum atomic E-state index is 11.0. The summed E-state index contributed by atoms with van der Waals surface area (Å²) in [6.45, 7) is 1.43. The van der Waals surface area contributed by atoms with Gasteiger partial charge in [0.05, 0.1) is 5.38 Å². The van der Waals surface area contributed by atoms with Gasteiger partial charge in [0.25, 0.3) is 0 Å². The van der Waals surface area contributed by atoms with E-state index in [1.165, 1.54) is 12.5 Å². The summed E-state index contributed by atoms with van der Waals surface area (Å²) in [6, 6.07) is 8.12. The molecule has 0 saturated heterocycles. The van der Waals surface area contributed by atoms with E-state index in [1.807, 2.05) is 18.2 Å². The molecule has 0 radical (unpaired) electrons. The predicted molar refractivity (Wildman–Crippen MR) is 63.5 cm³/mol. The summed E-state index contributed by atoms with van der Waals surface area (Å²) < 4.78 is 5.27. The Labute approximate surface area is 101 Å². The first kappa shape index (κ1) is 11.5. The molecule has 0 bridgehead atoms. The van der Waals surface area contributed by atoms with E-state index in [1.54, 1.807) is 0 Å². The molecule has 0 saturated carbocycles. The molecule has 3 heteroatoms. The molecule has 16 heavy (non-hydrogen) atoms. The number of rotatable bonds is 1. The van der Waals surface area contributed by atoms with Gasteiger partial charge in [-0.3, -0.25) is 4.79 Å². The third kappa shape index (κ3) is 2.38. The Balaban J connectivity index is 2.26. The van der Waals surface area contributed by atoms with Crippen molar-refractivity contribution in [2.75, 3.05) is 0 Å². The highest BCUT2D eigenvalue weighted by Crippen LogP contribution is 2.35. The molecule has 2 nitrogen and oxygen atoms in total. The largest absolute Gasteiger partial charge is 0.461 e. The fourth-order valence-corrected chi connectivity index (χ4v) is 2.59. The van der Waals surface area contributed by atoms with Crippen LogP contribution in [0, 0.1) is 0 Å². The highest BCUT2D eigenvalue weighted by Gasteiger charge is 2.27. The average molecular weight is 239 g/mol. The Morgan fingerprint density at radius 2 is 2.19 bits per heavy atom. The molecule has 0 N–H and O–H groups in total. The van der Waals surface area contributed by atoms with Crippen molar-refractivity contribution in [1.29, 1.82) is 0 Å². The molecule has 0 unspecified atom stereocenters. The van der Waals surface area contributed by atoms with Gasteiger partial charge in [-0.25, -0.2) is 0 Å². The monoisotopic (exact) mass is 238 g/mol. The van der Waals surface area contributed by atoms with E-state index in [0.717, 1.165) is 24.8 Å². The minimum absolute atomic E-state index is 0.192. The van der Waals surface area contributed by atoms with E-state index in [2.05, 4.69) is 6.07 Å². The van der Waals surface area contributed by atoms with E-state index in [4.69, 9.17) is 16.3 Å². The molecule has 0 aliphatic heterocycles. The van der Waals surface area contributed by atoms with Crippen LogP contribution in [0.15, 0.2) is 24.3 Å². The molecule has 1 aliphatic rings. The highest BCUT2D eigenvalue weighted by molar-refractivity contribution is 6.21. The number of fused-ring (bicyclic) bond motifs is 1. The second-order valence-electron chi connectivity index (χ2n) is 4.14. The number of ether oxygens (including phenoxy) is 1. The van der Waals surface area contributed by atoms with Gasteiger partial charge in [0.15, 0.2) is 0 Å². The fraction of sp³-hybridized carbons (Fsp3) is 0.462. The molecule has 0 heterocycles. The number of halogens is 1. The van der Waals surface area contributed by atoms with Crippen molar-refractivity contribution in [3.05, 3.63) is 35.4 Å². The summed E-state index contributed by atoms with van der Waals surface area (Å²) in [5.41, 5.74) is 2.38. The van der Waals surface area contributed by atoms with Crippen molar-refractivity contribution in [3.63, 3.8) is 0 Å². The highest BCUT2D eigenvalue weighted by atomic mass is 35.5. The number of alkyl halides is 1. The summed E-state index contributed by atoms with van der Waals surface area (Å²) in [5.74, 6) is -0.255. The van der Waals surface area contributed by atoms with Gasteiger partial charge in [-0.2, -0.15) is 0 Å². The zero-order valence-electron chi connectivity index (χ0n) is 9.28. The number of hydrogen-bond donors (Lipinski definition) is 0. The van der Waals surface area contributed by atoms with Crippen LogP contribution in [0.25, 0.3) is 0 Å². The number of carbonyl (C=O) groups excluding carboxylic acids is 1. The normalized spacial score (nSPS) is 24.4. The van der Waals surface area contributed by atoms with Gasteiger partial charge in [-0.05, 0) is 30.4 Å². The number of carbonyl (C=O) groups is 1. The average Bonchev–Trinajstić information content (AvgIpc) is 2.40. The third-order valence-electron chi connectivity index (χ3n) is 2.93. The standard InChI is InChI=1S/C13H15ClO2/c1-9(15)16-12-8-4-6-10-5-2-3-7-11(10)13(12)14/h2-3,5,7,12-13H,4,6,8H2,1H3/t12-,13-/m0/s1. The van der Waals surface area contributed by atoms with Crippen LogP contribution in [0.2, 0.25) is 0 Å². The molecular weight excluding hydrogens is 224 g/mol. The second-order valence-corrected chi connectivity index (χ2v) is 4.61. The summed E-state index contributed by atoms with van der Waals surface area (Å²) in [6.07, 6.45) is 2.67. The van der Waals surface area contributed by atoms with Crippen LogP contribution < -0.4 is 0 Å². The molecule has 0 spiro atoms. The van der Waals surface area contributed by atoms with Gasteiger partial charge >= 0.3 is 5.97 Å². The van der Waals surface area contributed by atoms with Crippen molar-refractivity contribution >= 4 is 17.6 Å². The Morgan fingerprint density at radius 3 is 2.94 bits per heavy atom.